The van der Waals surface area contributed by atoms with Gasteiger partial charge in [0.25, 0.3) is 0 Å². The molecule has 1 heterocycles. The molecule has 2 aromatic rings. The fourth-order valence-corrected chi connectivity index (χ4v) is 2.23. The summed E-state index contributed by atoms with van der Waals surface area (Å²) in [7, 11) is 0. The van der Waals surface area contributed by atoms with E-state index in [9.17, 15) is 0 Å². The molecule has 0 aliphatic carbocycles. The SMILES string of the molecule is CSc1nc(N)cc(Nc2cccc(C)c2Br)n1. The van der Waals surface area contributed by atoms with E-state index in [0.717, 1.165) is 15.7 Å². The smallest absolute Gasteiger partial charge is 0.191 e. The minimum absolute atomic E-state index is 0.459. The molecule has 3 N–H and O–H groups in total. The molecule has 0 fully saturated rings. The Balaban J connectivity index is 2.34. The van der Waals surface area contributed by atoms with Crippen molar-refractivity contribution in [3.05, 3.63) is 34.3 Å². The van der Waals surface area contributed by atoms with Crippen molar-refractivity contribution >= 4 is 45.0 Å². The van der Waals surface area contributed by atoms with Gasteiger partial charge in [-0.05, 0) is 40.7 Å². The van der Waals surface area contributed by atoms with Crippen LogP contribution in [0.3, 0.4) is 0 Å². The maximum atomic E-state index is 5.74. The summed E-state index contributed by atoms with van der Waals surface area (Å²) < 4.78 is 1.02. The van der Waals surface area contributed by atoms with Gasteiger partial charge < -0.3 is 11.1 Å². The zero-order valence-corrected chi connectivity index (χ0v) is 12.5. The van der Waals surface area contributed by atoms with Crippen LogP contribution in [-0.4, -0.2) is 16.2 Å². The quantitative estimate of drug-likeness (QED) is 0.667. The molecule has 2 rings (SSSR count). The predicted octanol–water partition coefficient (Wildman–Crippen LogP) is 3.60. The third-order valence-corrected chi connectivity index (χ3v) is 3.96. The molecular weight excluding hydrogens is 312 g/mol. The molecule has 0 saturated carbocycles. The Hall–Kier alpha value is -1.27. The maximum Gasteiger partial charge on any atom is 0.191 e. The van der Waals surface area contributed by atoms with E-state index in [1.807, 2.05) is 31.4 Å². The Morgan fingerprint density at radius 1 is 1.33 bits per heavy atom. The molecule has 0 aliphatic rings. The zero-order chi connectivity index (χ0) is 13.1. The van der Waals surface area contributed by atoms with Gasteiger partial charge in [0.1, 0.15) is 11.6 Å². The van der Waals surface area contributed by atoms with Gasteiger partial charge in [-0.2, -0.15) is 0 Å². The van der Waals surface area contributed by atoms with Crippen LogP contribution in [0.4, 0.5) is 17.3 Å². The molecule has 0 amide bonds. The summed E-state index contributed by atoms with van der Waals surface area (Å²) in [4.78, 5) is 8.47. The molecule has 0 bridgehead atoms. The van der Waals surface area contributed by atoms with Crippen LogP contribution in [0.15, 0.2) is 33.9 Å². The lowest BCUT2D eigenvalue weighted by Crippen LogP contribution is -2.00. The molecule has 0 atom stereocenters. The molecule has 18 heavy (non-hydrogen) atoms. The van der Waals surface area contributed by atoms with Crippen molar-refractivity contribution in [3.63, 3.8) is 0 Å². The average Bonchev–Trinajstić information content (AvgIpc) is 2.34. The van der Waals surface area contributed by atoms with Gasteiger partial charge in [-0.25, -0.2) is 9.97 Å². The van der Waals surface area contributed by atoms with E-state index >= 15 is 0 Å². The van der Waals surface area contributed by atoms with E-state index < -0.39 is 0 Å². The first kappa shape index (κ1) is 13.2. The minimum Gasteiger partial charge on any atom is -0.383 e. The van der Waals surface area contributed by atoms with Crippen LogP contribution in [0.2, 0.25) is 0 Å². The fraction of sp³-hybridized carbons (Fsp3) is 0.167. The van der Waals surface area contributed by atoms with E-state index in [0.29, 0.717) is 16.8 Å². The molecule has 94 valence electrons. The van der Waals surface area contributed by atoms with Gasteiger partial charge in [0.2, 0.25) is 0 Å². The normalized spacial score (nSPS) is 10.4. The summed E-state index contributed by atoms with van der Waals surface area (Å²) in [6, 6.07) is 7.72. The molecule has 0 unspecified atom stereocenters. The molecule has 0 saturated heterocycles. The molecule has 4 nitrogen and oxygen atoms in total. The lowest BCUT2D eigenvalue weighted by molar-refractivity contribution is 0.984. The molecule has 1 aromatic heterocycles. The Labute approximate surface area is 119 Å². The molecule has 1 aromatic carbocycles. The second-order valence-electron chi connectivity index (χ2n) is 3.73. The fourth-order valence-electron chi connectivity index (χ4n) is 1.48. The summed E-state index contributed by atoms with van der Waals surface area (Å²) in [6.07, 6.45) is 1.92. The Morgan fingerprint density at radius 2 is 2.11 bits per heavy atom. The van der Waals surface area contributed by atoms with Gasteiger partial charge in [-0.1, -0.05) is 23.9 Å². The largest absolute Gasteiger partial charge is 0.383 e. The van der Waals surface area contributed by atoms with Crippen LogP contribution in [0, 0.1) is 6.92 Å². The van der Waals surface area contributed by atoms with Crippen molar-refractivity contribution in [1.82, 2.24) is 9.97 Å². The number of aromatic nitrogens is 2. The van der Waals surface area contributed by atoms with Crippen LogP contribution in [0.5, 0.6) is 0 Å². The van der Waals surface area contributed by atoms with E-state index in [4.69, 9.17) is 5.73 Å². The number of nitrogens with two attached hydrogens (primary N) is 1. The highest BCUT2D eigenvalue weighted by atomic mass is 79.9. The molecule has 0 radical (unpaired) electrons. The first-order valence-corrected chi connectivity index (χ1v) is 7.32. The lowest BCUT2D eigenvalue weighted by Gasteiger charge is -2.10. The first-order chi connectivity index (χ1) is 8.60. The van der Waals surface area contributed by atoms with Crippen molar-refractivity contribution in [2.75, 3.05) is 17.3 Å². The van der Waals surface area contributed by atoms with Crippen LogP contribution in [0.1, 0.15) is 5.56 Å². The third-order valence-electron chi connectivity index (χ3n) is 2.36. The average molecular weight is 325 g/mol. The Bertz CT molecular complexity index is 574. The summed E-state index contributed by atoms with van der Waals surface area (Å²) >= 11 is 5.01. The van der Waals surface area contributed by atoms with Gasteiger partial charge >= 0.3 is 0 Å². The number of benzene rings is 1. The topological polar surface area (TPSA) is 63.8 Å². The molecular formula is C12H13BrN4S. The summed E-state index contributed by atoms with van der Waals surface area (Å²) in [5.74, 6) is 1.15. The second-order valence-corrected chi connectivity index (χ2v) is 5.29. The number of rotatable bonds is 3. The van der Waals surface area contributed by atoms with Crippen LogP contribution in [0.25, 0.3) is 0 Å². The number of nitrogens with zero attached hydrogens (tertiary/aromatic N) is 2. The van der Waals surface area contributed by atoms with Crippen molar-refractivity contribution in [2.24, 2.45) is 0 Å². The number of hydrogen-bond donors (Lipinski definition) is 2. The monoisotopic (exact) mass is 324 g/mol. The van der Waals surface area contributed by atoms with E-state index in [1.165, 1.54) is 11.8 Å². The van der Waals surface area contributed by atoms with Crippen LogP contribution in [-0.2, 0) is 0 Å². The Morgan fingerprint density at radius 3 is 2.83 bits per heavy atom. The second kappa shape index (κ2) is 5.58. The van der Waals surface area contributed by atoms with Gasteiger partial charge in [-0.3, -0.25) is 0 Å². The number of nitrogen functional groups attached to an aromatic ring is 1. The van der Waals surface area contributed by atoms with Gasteiger partial charge in [0, 0.05) is 10.5 Å². The number of nitrogens with one attached hydrogen (secondary N) is 1. The Kier molecular flexibility index (Phi) is 4.08. The van der Waals surface area contributed by atoms with E-state index in [1.54, 1.807) is 6.07 Å². The number of thioether (sulfide) groups is 1. The zero-order valence-electron chi connectivity index (χ0n) is 10.1. The highest BCUT2D eigenvalue weighted by Crippen LogP contribution is 2.28. The van der Waals surface area contributed by atoms with Crippen LogP contribution < -0.4 is 11.1 Å². The first-order valence-electron chi connectivity index (χ1n) is 5.31. The molecule has 0 spiro atoms. The number of anilines is 3. The highest BCUT2D eigenvalue weighted by Gasteiger charge is 2.06. The van der Waals surface area contributed by atoms with E-state index in [2.05, 4.69) is 31.2 Å². The minimum atomic E-state index is 0.459. The van der Waals surface area contributed by atoms with E-state index in [-0.39, 0.29) is 0 Å². The number of halogens is 1. The summed E-state index contributed by atoms with van der Waals surface area (Å²) in [5.41, 5.74) is 7.86. The van der Waals surface area contributed by atoms with Crippen molar-refractivity contribution < 1.29 is 0 Å². The molecule has 6 heteroatoms. The third kappa shape index (κ3) is 2.94. The van der Waals surface area contributed by atoms with Crippen molar-refractivity contribution in [1.29, 1.82) is 0 Å². The summed E-state index contributed by atoms with van der Waals surface area (Å²) in [6.45, 7) is 2.04. The van der Waals surface area contributed by atoms with Gasteiger partial charge in [-0.15, -0.1) is 0 Å². The maximum absolute atomic E-state index is 5.74. The van der Waals surface area contributed by atoms with Gasteiger partial charge in [0.05, 0.1) is 5.69 Å². The van der Waals surface area contributed by atoms with Gasteiger partial charge in [0.15, 0.2) is 5.16 Å². The molecule has 0 aliphatic heterocycles. The summed E-state index contributed by atoms with van der Waals surface area (Å²) in [5, 5.41) is 3.89. The lowest BCUT2D eigenvalue weighted by atomic mass is 10.2. The van der Waals surface area contributed by atoms with Crippen LogP contribution >= 0.6 is 27.7 Å². The van der Waals surface area contributed by atoms with Crippen molar-refractivity contribution in [3.8, 4) is 0 Å². The highest BCUT2D eigenvalue weighted by molar-refractivity contribution is 9.10. The number of hydrogen-bond acceptors (Lipinski definition) is 5. The number of aryl methyl sites for hydroxylation is 1. The van der Waals surface area contributed by atoms with Crippen molar-refractivity contribution in [2.45, 2.75) is 12.1 Å². The standard InChI is InChI=1S/C12H13BrN4S/c1-7-4-3-5-8(11(7)13)15-10-6-9(14)16-12(17-10)18-2/h3-6H,1-2H3,(H3,14,15,16,17). The predicted molar refractivity (Wildman–Crippen MR) is 80.4 cm³/mol.